The lowest BCUT2D eigenvalue weighted by Gasteiger charge is -2.42. The predicted molar refractivity (Wildman–Crippen MR) is 79.4 cm³/mol. The van der Waals surface area contributed by atoms with Gasteiger partial charge in [-0.15, -0.1) is 10.2 Å². The van der Waals surface area contributed by atoms with E-state index in [0.29, 0.717) is 6.04 Å². The number of aryl methyl sites for hydroxylation is 1. The molecule has 3 atom stereocenters. The van der Waals surface area contributed by atoms with Crippen LogP contribution in [-0.4, -0.2) is 44.3 Å². The van der Waals surface area contributed by atoms with Crippen molar-refractivity contribution in [2.45, 2.75) is 70.1 Å². The molecule has 5 heteroatoms. The third kappa shape index (κ3) is 2.49. The molecule has 3 heterocycles. The third-order valence-electron chi connectivity index (χ3n) is 5.04. The van der Waals surface area contributed by atoms with E-state index in [1.807, 2.05) is 13.4 Å². The highest BCUT2D eigenvalue weighted by Gasteiger charge is 2.43. The van der Waals surface area contributed by atoms with E-state index < -0.39 is 0 Å². The fourth-order valence-corrected chi connectivity index (χ4v) is 4.16. The van der Waals surface area contributed by atoms with Gasteiger partial charge in [0.2, 0.25) is 0 Å². The Morgan fingerprint density at radius 1 is 1.35 bits per heavy atom. The molecule has 0 aromatic carbocycles. The van der Waals surface area contributed by atoms with Crippen molar-refractivity contribution in [3.8, 4) is 0 Å². The van der Waals surface area contributed by atoms with Gasteiger partial charge in [0, 0.05) is 25.2 Å². The van der Waals surface area contributed by atoms with Gasteiger partial charge in [-0.3, -0.25) is 4.90 Å². The first kappa shape index (κ1) is 14.0. The zero-order valence-corrected chi connectivity index (χ0v) is 12.9. The number of hydrogen-bond acceptors (Lipinski definition) is 4. The van der Waals surface area contributed by atoms with Crippen LogP contribution in [-0.2, 0) is 7.05 Å². The zero-order valence-electron chi connectivity index (χ0n) is 12.9. The number of aromatic nitrogens is 3. The molecule has 2 aliphatic heterocycles. The number of hydrogen-bond donors (Lipinski definition) is 1. The topological polar surface area (TPSA) is 46.0 Å². The molecule has 2 saturated heterocycles. The van der Waals surface area contributed by atoms with Crippen molar-refractivity contribution in [1.82, 2.24) is 25.0 Å². The Morgan fingerprint density at radius 3 is 2.60 bits per heavy atom. The number of nitrogens with one attached hydrogen (secondary N) is 1. The molecular formula is C15H27N5. The van der Waals surface area contributed by atoms with Crippen molar-refractivity contribution in [2.24, 2.45) is 7.05 Å². The minimum absolute atomic E-state index is 0.382. The van der Waals surface area contributed by atoms with Gasteiger partial charge in [-0.05, 0) is 45.6 Å². The van der Waals surface area contributed by atoms with Gasteiger partial charge in [0.1, 0.15) is 12.2 Å². The summed E-state index contributed by atoms with van der Waals surface area (Å²) in [4.78, 5) is 2.70. The predicted octanol–water partition coefficient (Wildman–Crippen LogP) is 1.87. The molecule has 3 unspecified atom stereocenters. The molecule has 112 valence electrons. The molecule has 5 nitrogen and oxygen atoms in total. The Bertz CT molecular complexity index is 429. The van der Waals surface area contributed by atoms with Crippen LogP contribution in [0.2, 0.25) is 0 Å². The zero-order chi connectivity index (χ0) is 14.1. The highest BCUT2D eigenvalue weighted by molar-refractivity contribution is 5.04. The molecule has 20 heavy (non-hydrogen) atoms. The summed E-state index contributed by atoms with van der Waals surface area (Å²) in [7, 11) is 2.04. The van der Waals surface area contributed by atoms with Crippen LogP contribution < -0.4 is 5.32 Å². The van der Waals surface area contributed by atoms with Gasteiger partial charge >= 0.3 is 0 Å². The first-order valence-corrected chi connectivity index (χ1v) is 8.05. The summed E-state index contributed by atoms with van der Waals surface area (Å²) in [6.45, 7) is 5.69. The van der Waals surface area contributed by atoms with Gasteiger partial charge in [0.25, 0.3) is 0 Å². The maximum atomic E-state index is 4.31. The Morgan fingerprint density at radius 2 is 2.05 bits per heavy atom. The highest BCUT2D eigenvalue weighted by atomic mass is 15.3. The van der Waals surface area contributed by atoms with Crippen molar-refractivity contribution < 1.29 is 0 Å². The highest BCUT2D eigenvalue weighted by Crippen LogP contribution is 2.40. The summed E-state index contributed by atoms with van der Waals surface area (Å²) in [5.74, 6) is 1.10. The molecule has 1 aromatic rings. The number of nitrogens with zero attached hydrogens (tertiary/aromatic N) is 4. The van der Waals surface area contributed by atoms with E-state index in [-0.39, 0.29) is 0 Å². The second kappa shape index (κ2) is 5.82. The molecule has 2 bridgehead atoms. The fraction of sp³-hybridized carbons (Fsp3) is 0.867. The Balaban J connectivity index is 1.69. The van der Waals surface area contributed by atoms with Gasteiger partial charge in [-0.1, -0.05) is 6.92 Å². The number of piperidine rings is 1. The first-order chi connectivity index (χ1) is 9.70. The molecule has 2 fully saturated rings. The van der Waals surface area contributed by atoms with Crippen LogP contribution in [0.1, 0.15) is 57.8 Å². The summed E-state index contributed by atoms with van der Waals surface area (Å²) >= 11 is 0. The molecule has 0 saturated carbocycles. The maximum Gasteiger partial charge on any atom is 0.149 e. The fourth-order valence-electron chi connectivity index (χ4n) is 4.16. The van der Waals surface area contributed by atoms with E-state index in [0.717, 1.165) is 30.5 Å². The number of rotatable bonds is 5. The van der Waals surface area contributed by atoms with Crippen molar-refractivity contribution >= 4 is 0 Å². The molecule has 1 aromatic heterocycles. The van der Waals surface area contributed by atoms with Crippen LogP contribution in [0, 0.1) is 0 Å². The smallest absolute Gasteiger partial charge is 0.149 e. The Hall–Kier alpha value is -0.940. The van der Waals surface area contributed by atoms with E-state index in [9.17, 15) is 0 Å². The lowest BCUT2D eigenvalue weighted by atomic mass is 9.95. The Labute approximate surface area is 121 Å². The lowest BCUT2D eigenvalue weighted by molar-refractivity contribution is 0.0720. The summed E-state index contributed by atoms with van der Waals surface area (Å²) in [6.07, 6.45) is 8.31. The molecule has 0 aliphatic carbocycles. The molecule has 0 spiro atoms. The van der Waals surface area contributed by atoms with Crippen LogP contribution in [0.15, 0.2) is 6.33 Å². The van der Waals surface area contributed by atoms with E-state index in [4.69, 9.17) is 0 Å². The van der Waals surface area contributed by atoms with Gasteiger partial charge in [0.05, 0.1) is 6.04 Å². The van der Waals surface area contributed by atoms with E-state index in [1.165, 1.54) is 32.1 Å². The monoisotopic (exact) mass is 277 g/mol. The van der Waals surface area contributed by atoms with Gasteiger partial charge in [0.15, 0.2) is 0 Å². The maximum absolute atomic E-state index is 4.31. The van der Waals surface area contributed by atoms with E-state index in [2.05, 4.69) is 38.8 Å². The molecule has 1 N–H and O–H groups in total. The standard InChI is InChI=1S/C15H27N5/c1-4-7-16-12-8-13-5-6-14(9-12)20(13)11(2)15-18-17-10-19(15)3/h10-14,16H,4-9H2,1-3H3. The lowest BCUT2D eigenvalue weighted by Crippen LogP contribution is -2.50. The number of fused-ring (bicyclic) bond motifs is 2. The quantitative estimate of drug-likeness (QED) is 0.892. The van der Waals surface area contributed by atoms with Crippen molar-refractivity contribution in [3.63, 3.8) is 0 Å². The van der Waals surface area contributed by atoms with Gasteiger partial charge in [-0.25, -0.2) is 0 Å². The Kier molecular flexibility index (Phi) is 4.08. The summed E-state index contributed by atoms with van der Waals surface area (Å²) in [5.41, 5.74) is 0. The van der Waals surface area contributed by atoms with Crippen molar-refractivity contribution in [1.29, 1.82) is 0 Å². The second-order valence-electron chi connectivity index (χ2n) is 6.43. The van der Waals surface area contributed by atoms with Crippen LogP contribution in [0.5, 0.6) is 0 Å². The summed E-state index contributed by atoms with van der Waals surface area (Å²) < 4.78 is 2.06. The normalized spacial score (nSPS) is 31.6. The van der Waals surface area contributed by atoms with Crippen molar-refractivity contribution in [2.75, 3.05) is 6.54 Å². The minimum Gasteiger partial charge on any atom is -0.319 e. The van der Waals surface area contributed by atoms with Crippen LogP contribution >= 0.6 is 0 Å². The van der Waals surface area contributed by atoms with E-state index >= 15 is 0 Å². The summed E-state index contributed by atoms with van der Waals surface area (Å²) in [6, 6.07) is 2.53. The SMILES string of the molecule is CCCNC1CC2CCC(C1)N2C(C)c1nncn1C. The first-order valence-electron chi connectivity index (χ1n) is 8.05. The largest absolute Gasteiger partial charge is 0.319 e. The van der Waals surface area contributed by atoms with Crippen LogP contribution in [0.25, 0.3) is 0 Å². The average Bonchev–Trinajstić information content (AvgIpc) is 2.98. The van der Waals surface area contributed by atoms with E-state index in [1.54, 1.807) is 0 Å². The summed E-state index contributed by atoms with van der Waals surface area (Å²) in [5, 5.41) is 12.1. The van der Waals surface area contributed by atoms with Crippen LogP contribution in [0.3, 0.4) is 0 Å². The van der Waals surface area contributed by atoms with Gasteiger partial charge in [-0.2, -0.15) is 0 Å². The van der Waals surface area contributed by atoms with Crippen LogP contribution in [0.4, 0.5) is 0 Å². The third-order valence-corrected chi connectivity index (χ3v) is 5.04. The van der Waals surface area contributed by atoms with Crippen molar-refractivity contribution in [3.05, 3.63) is 12.2 Å². The average molecular weight is 277 g/mol. The molecule has 2 aliphatic rings. The molecular weight excluding hydrogens is 250 g/mol. The molecule has 0 radical (unpaired) electrons. The molecule has 0 amide bonds. The van der Waals surface area contributed by atoms with Gasteiger partial charge < -0.3 is 9.88 Å². The second-order valence-corrected chi connectivity index (χ2v) is 6.43. The molecule has 3 rings (SSSR count). The minimum atomic E-state index is 0.382.